The molecule has 0 saturated heterocycles. The Morgan fingerprint density at radius 1 is 0.944 bits per heavy atom. The van der Waals surface area contributed by atoms with Gasteiger partial charge in [-0.05, 0) is 68.2 Å². The molecule has 2 N–H and O–H groups in total. The van der Waals surface area contributed by atoms with Crippen LogP contribution in [0.1, 0.15) is 63.3 Å². The summed E-state index contributed by atoms with van der Waals surface area (Å²) in [5.74, 6) is 0. The minimum absolute atomic E-state index is 0.0818. The summed E-state index contributed by atoms with van der Waals surface area (Å²) in [7, 11) is 0. The highest BCUT2D eigenvalue weighted by Gasteiger charge is 2.17. The molecule has 0 fully saturated rings. The molecule has 0 amide bonds. The standard InChI is InChI=1S/C17H29N/c1-12-10-14(16(3,4)5)11-13(2)15(12)8-9-17(6,7)18/h10-11H,8-9,18H2,1-7H3. The zero-order valence-electron chi connectivity index (χ0n) is 13.1. The van der Waals surface area contributed by atoms with Crippen LogP contribution in [0.4, 0.5) is 0 Å². The average Bonchev–Trinajstić information content (AvgIpc) is 2.12. The van der Waals surface area contributed by atoms with Gasteiger partial charge in [0.05, 0.1) is 0 Å². The second-order valence-corrected chi connectivity index (χ2v) is 7.33. The van der Waals surface area contributed by atoms with Gasteiger partial charge in [0.25, 0.3) is 0 Å². The van der Waals surface area contributed by atoms with E-state index in [2.05, 4.69) is 60.6 Å². The predicted molar refractivity (Wildman–Crippen MR) is 81.2 cm³/mol. The minimum Gasteiger partial charge on any atom is -0.326 e. The molecule has 1 aromatic carbocycles. The first-order valence-electron chi connectivity index (χ1n) is 6.90. The summed E-state index contributed by atoms with van der Waals surface area (Å²) >= 11 is 0. The van der Waals surface area contributed by atoms with Crippen molar-refractivity contribution in [1.29, 1.82) is 0 Å². The van der Waals surface area contributed by atoms with E-state index >= 15 is 0 Å². The van der Waals surface area contributed by atoms with E-state index in [9.17, 15) is 0 Å². The number of nitrogens with two attached hydrogens (primary N) is 1. The van der Waals surface area contributed by atoms with E-state index in [0.717, 1.165) is 12.8 Å². The molecule has 0 bridgehead atoms. The number of aryl methyl sites for hydroxylation is 2. The molecule has 18 heavy (non-hydrogen) atoms. The maximum atomic E-state index is 6.08. The fraction of sp³-hybridized carbons (Fsp3) is 0.647. The summed E-state index contributed by atoms with van der Waals surface area (Å²) < 4.78 is 0. The molecule has 0 aromatic heterocycles. The molecule has 0 spiro atoms. The highest BCUT2D eigenvalue weighted by molar-refractivity contribution is 5.40. The van der Waals surface area contributed by atoms with E-state index in [1.165, 1.54) is 22.3 Å². The van der Waals surface area contributed by atoms with Crippen LogP contribution >= 0.6 is 0 Å². The normalized spacial score (nSPS) is 12.9. The lowest BCUT2D eigenvalue weighted by atomic mass is 9.82. The maximum Gasteiger partial charge on any atom is 0.0100 e. The largest absolute Gasteiger partial charge is 0.326 e. The van der Waals surface area contributed by atoms with Crippen LogP contribution in [0.15, 0.2) is 12.1 Å². The first-order valence-corrected chi connectivity index (χ1v) is 6.90. The van der Waals surface area contributed by atoms with Crippen LogP contribution in [0.5, 0.6) is 0 Å². The lowest BCUT2D eigenvalue weighted by Gasteiger charge is -2.24. The molecule has 0 saturated carbocycles. The van der Waals surface area contributed by atoms with Crippen molar-refractivity contribution >= 4 is 0 Å². The number of benzene rings is 1. The third-order valence-corrected chi connectivity index (χ3v) is 3.58. The van der Waals surface area contributed by atoms with E-state index in [1.807, 2.05) is 0 Å². The lowest BCUT2D eigenvalue weighted by molar-refractivity contribution is 0.475. The number of hydrogen-bond acceptors (Lipinski definition) is 1. The van der Waals surface area contributed by atoms with Gasteiger partial charge < -0.3 is 5.73 Å². The Morgan fingerprint density at radius 2 is 1.39 bits per heavy atom. The Labute approximate surface area is 113 Å². The fourth-order valence-corrected chi connectivity index (χ4v) is 2.27. The molecular formula is C17H29N. The second-order valence-electron chi connectivity index (χ2n) is 7.33. The van der Waals surface area contributed by atoms with Crippen molar-refractivity contribution in [3.05, 3.63) is 34.4 Å². The van der Waals surface area contributed by atoms with Crippen molar-refractivity contribution in [2.24, 2.45) is 5.73 Å². The van der Waals surface area contributed by atoms with Crippen molar-refractivity contribution in [2.45, 2.75) is 72.3 Å². The third-order valence-electron chi connectivity index (χ3n) is 3.58. The molecule has 0 aliphatic heterocycles. The molecule has 1 aromatic rings. The fourth-order valence-electron chi connectivity index (χ4n) is 2.27. The summed E-state index contributed by atoms with van der Waals surface area (Å²) in [6, 6.07) is 4.68. The van der Waals surface area contributed by atoms with Gasteiger partial charge in [0, 0.05) is 5.54 Å². The maximum absolute atomic E-state index is 6.08. The monoisotopic (exact) mass is 247 g/mol. The molecule has 0 unspecified atom stereocenters. The Bertz CT molecular complexity index is 393. The van der Waals surface area contributed by atoms with Gasteiger partial charge in [-0.1, -0.05) is 32.9 Å². The Morgan fingerprint density at radius 3 is 1.72 bits per heavy atom. The van der Waals surface area contributed by atoms with Crippen LogP contribution in [-0.4, -0.2) is 5.54 Å². The van der Waals surface area contributed by atoms with E-state index in [1.54, 1.807) is 0 Å². The smallest absolute Gasteiger partial charge is 0.0100 e. The van der Waals surface area contributed by atoms with Crippen molar-refractivity contribution in [2.75, 3.05) is 0 Å². The van der Waals surface area contributed by atoms with Crippen LogP contribution in [0, 0.1) is 13.8 Å². The van der Waals surface area contributed by atoms with E-state index < -0.39 is 0 Å². The first kappa shape index (κ1) is 15.2. The van der Waals surface area contributed by atoms with E-state index in [4.69, 9.17) is 5.73 Å². The number of hydrogen-bond donors (Lipinski definition) is 1. The Hall–Kier alpha value is -0.820. The van der Waals surface area contributed by atoms with Gasteiger partial charge in [0.15, 0.2) is 0 Å². The van der Waals surface area contributed by atoms with E-state index in [-0.39, 0.29) is 11.0 Å². The van der Waals surface area contributed by atoms with Crippen LogP contribution < -0.4 is 5.73 Å². The van der Waals surface area contributed by atoms with Gasteiger partial charge in [0.2, 0.25) is 0 Å². The van der Waals surface area contributed by atoms with Gasteiger partial charge in [0.1, 0.15) is 0 Å². The van der Waals surface area contributed by atoms with Crippen molar-refractivity contribution in [3.63, 3.8) is 0 Å². The minimum atomic E-state index is -0.0818. The molecule has 0 aliphatic rings. The Kier molecular flexibility index (Phi) is 4.27. The predicted octanol–water partition coefficient (Wildman–Crippen LogP) is 4.27. The molecule has 1 rings (SSSR count). The highest BCUT2D eigenvalue weighted by atomic mass is 14.7. The lowest BCUT2D eigenvalue weighted by Crippen LogP contribution is -2.32. The molecule has 1 heteroatoms. The third kappa shape index (κ3) is 4.13. The zero-order valence-corrected chi connectivity index (χ0v) is 13.1. The summed E-state index contributed by atoms with van der Waals surface area (Å²) in [6.07, 6.45) is 2.11. The highest BCUT2D eigenvalue weighted by Crippen LogP contribution is 2.28. The molecule has 0 aliphatic carbocycles. The van der Waals surface area contributed by atoms with Crippen molar-refractivity contribution < 1.29 is 0 Å². The Balaban J connectivity index is 3.02. The second kappa shape index (κ2) is 5.05. The van der Waals surface area contributed by atoms with Gasteiger partial charge >= 0.3 is 0 Å². The summed E-state index contributed by atoms with van der Waals surface area (Å²) in [4.78, 5) is 0. The quantitative estimate of drug-likeness (QED) is 0.848. The van der Waals surface area contributed by atoms with Crippen molar-refractivity contribution in [1.82, 2.24) is 0 Å². The molecule has 102 valence electrons. The topological polar surface area (TPSA) is 26.0 Å². The van der Waals surface area contributed by atoms with Crippen LogP contribution in [0.25, 0.3) is 0 Å². The molecule has 0 heterocycles. The van der Waals surface area contributed by atoms with Gasteiger partial charge in [-0.25, -0.2) is 0 Å². The van der Waals surface area contributed by atoms with Crippen LogP contribution in [0.2, 0.25) is 0 Å². The molecule has 1 nitrogen and oxygen atoms in total. The van der Waals surface area contributed by atoms with Crippen LogP contribution in [-0.2, 0) is 11.8 Å². The first-order chi connectivity index (χ1) is 8.00. The van der Waals surface area contributed by atoms with E-state index in [0.29, 0.717) is 0 Å². The number of rotatable bonds is 3. The summed E-state index contributed by atoms with van der Waals surface area (Å²) in [5, 5.41) is 0. The SMILES string of the molecule is Cc1cc(C(C)(C)C)cc(C)c1CCC(C)(C)N. The zero-order chi connectivity index (χ0) is 14.1. The molecular weight excluding hydrogens is 218 g/mol. The van der Waals surface area contributed by atoms with Gasteiger partial charge in [-0.15, -0.1) is 0 Å². The van der Waals surface area contributed by atoms with Crippen LogP contribution in [0.3, 0.4) is 0 Å². The molecule has 0 atom stereocenters. The summed E-state index contributed by atoms with van der Waals surface area (Å²) in [6.45, 7) is 15.4. The summed E-state index contributed by atoms with van der Waals surface area (Å²) in [5.41, 5.74) is 11.9. The van der Waals surface area contributed by atoms with Crippen molar-refractivity contribution in [3.8, 4) is 0 Å². The van der Waals surface area contributed by atoms with Gasteiger partial charge in [-0.2, -0.15) is 0 Å². The average molecular weight is 247 g/mol. The van der Waals surface area contributed by atoms with Gasteiger partial charge in [-0.3, -0.25) is 0 Å². The molecule has 0 radical (unpaired) electrons.